The molecule has 0 amide bonds. The van der Waals surface area contributed by atoms with Crippen molar-refractivity contribution < 1.29 is 15.1 Å². The third kappa shape index (κ3) is 9.91. The molecule has 0 radical (unpaired) electrons. The second kappa shape index (κ2) is 15.3. The maximum absolute atomic E-state index is 10.4. The summed E-state index contributed by atoms with van der Waals surface area (Å²) in [4.78, 5) is 0. The van der Waals surface area contributed by atoms with Gasteiger partial charge in [0, 0.05) is 11.6 Å². The van der Waals surface area contributed by atoms with Gasteiger partial charge >= 0.3 is 0 Å². The van der Waals surface area contributed by atoms with Crippen molar-refractivity contribution in [3.8, 4) is 11.5 Å². The van der Waals surface area contributed by atoms with E-state index in [1.54, 1.807) is 12.1 Å². The number of hydrogen-bond acceptors (Lipinski definition) is 4. The highest BCUT2D eigenvalue weighted by Gasteiger charge is 2.11. The topological polar surface area (TPSA) is 62.1 Å². The van der Waals surface area contributed by atoms with E-state index in [1.165, 1.54) is 57.8 Å². The van der Waals surface area contributed by atoms with Gasteiger partial charge in [-0.2, -0.15) is 0 Å². The van der Waals surface area contributed by atoms with Crippen LogP contribution in [0.4, 0.5) is 0 Å². The molecule has 170 valence electrons. The lowest BCUT2D eigenvalue weighted by molar-refractivity contribution is 0.304. The third-order valence-corrected chi connectivity index (χ3v) is 5.67. The summed E-state index contributed by atoms with van der Waals surface area (Å²) in [6, 6.07) is 15.1. The molecule has 4 heteroatoms. The van der Waals surface area contributed by atoms with Gasteiger partial charge < -0.3 is 15.1 Å². The number of unbranched alkanes of at least 4 members (excludes halogenated alkanes) is 10. The van der Waals surface area contributed by atoms with Crippen molar-refractivity contribution in [2.24, 2.45) is 5.16 Å². The van der Waals surface area contributed by atoms with E-state index in [-0.39, 0.29) is 5.75 Å². The number of aromatic hydroxyl groups is 1. The molecule has 0 fully saturated rings. The zero-order chi connectivity index (χ0) is 22.2. The highest BCUT2D eigenvalue weighted by atomic mass is 16.5. The maximum atomic E-state index is 10.4. The fourth-order valence-corrected chi connectivity index (χ4v) is 3.78. The molecule has 0 aliphatic rings. The Labute approximate surface area is 188 Å². The summed E-state index contributed by atoms with van der Waals surface area (Å²) in [7, 11) is 0. The molecular formula is C27H39NO3. The number of phenols is 1. The smallest absolute Gasteiger partial charge is 0.128 e. The van der Waals surface area contributed by atoms with Gasteiger partial charge in [-0.15, -0.1) is 0 Å². The number of benzene rings is 2. The van der Waals surface area contributed by atoms with Crippen LogP contribution in [-0.4, -0.2) is 16.0 Å². The van der Waals surface area contributed by atoms with E-state index < -0.39 is 0 Å². The van der Waals surface area contributed by atoms with Gasteiger partial charge in [0.2, 0.25) is 0 Å². The zero-order valence-electron chi connectivity index (χ0n) is 19.1. The Hall–Kier alpha value is -2.49. The summed E-state index contributed by atoms with van der Waals surface area (Å²) >= 11 is 0. The normalized spacial score (nSPS) is 11.6. The van der Waals surface area contributed by atoms with Crippen LogP contribution in [0.25, 0.3) is 0 Å². The van der Waals surface area contributed by atoms with Crippen LogP contribution in [-0.2, 0) is 6.61 Å². The lowest BCUT2D eigenvalue weighted by Gasteiger charge is -2.11. The average Bonchev–Trinajstić information content (AvgIpc) is 2.80. The Morgan fingerprint density at radius 1 is 0.806 bits per heavy atom. The Kier molecular flexibility index (Phi) is 12.3. The summed E-state index contributed by atoms with van der Waals surface area (Å²) in [5.74, 6) is 0.679. The third-order valence-electron chi connectivity index (χ3n) is 5.67. The van der Waals surface area contributed by atoms with Gasteiger partial charge in [0.15, 0.2) is 0 Å². The SMILES string of the molecule is CCCCCCCCCCCCC/C(=N\O)c1ccc(OCc2ccccc2)cc1O. The molecule has 0 unspecified atom stereocenters. The molecule has 2 rings (SSSR count). The second-order valence-electron chi connectivity index (χ2n) is 8.29. The number of phenolic OH excluding ortho intramolecular Hbond substituents is 1. The summed E-state index contributed by atoms with van der Waals surface area (Å²) in [6.07, 6.45) is 14.7. The van der Waals surface area contributed by atoms with Crippen molar-refractivity contribution in [2.45, 2.75) is 90.6 Å². The van der Waals surface area contributed by atoms with Gasteiger partial charge in [-0.25, -0.2) is 0 Å². The van der Waals surface area contributed by atoms with Crippen LogP contribution in [0.5, 0.6) is 11.5 Å². The molecule has 2 aromatic rings. The van der Waals surface area contributed by atoms with E-state index >= 15 is 0 Å². The van der Waals surface area contributed by atoms with Crippen LogP contribution < -0.4 is 4.74 Å². The fraction of sp³-hybridized carbons (Fsp3) is 0.519. The van der Waals surface area contributed by atoms with Gasteiger partial charge in [-0.3, -0.25) is 0 Å². The predicted octanol–water partition coefficient (Wildman–Crippen LogP) is 7.85. The van der Waals surface area contributed by atoms with E-state index in [0.717, 1.165) is 18.4 Å². The highest BCUT2D eigenvalue weighted by Crippen LogP contribution is 2.26. The minimum Gasteiger partial charge on any atom is -0.507 e. The minimum absolute atomic E-state index is 0.0847. The molecule has 0 atom stereocenters. The Balaban J connectivity index is 1.66. The number of rotatable bonds is 16. The second-order valence-corrected chi connectivity index (χ2v) is 8.29. The lowest BCUT2D eigenvalue weighted by atomic mass is 10.0. The first-order valence-corrected chi connectivity index (χ1v) is 12.0. The van der Waals surface area contributed by atoms with Crippen molar-refractivity contribution in [1.29, 1.82) is 0 Å². The van der Waals surface area contributed by atoms with E-state index in [0.29, 0.717) is 30.1 Å². The first-order valence-electron chi connectivity index (χ1n) is 12.0. The molecule has 2 N–H and O–H groups in total. The lowest BCUT2D eigenvalue weighted by Crippen LogP contribution is -2.02. The molecule has 0 aliphatic carbocycles. The minimum atomic E-state index is 0.0847. The summed E-state index contributed by atoms with van der Waals surface area (Å²) < 4.78 is 5.75. The van der Waals surface area contributed by atoms with E-state index in [2.05, 4.69) is 12.1 Å². The molecule has 31 heavy (non-hydrogen) atoms. The van der Waals surface area contributed by atoms with Crippen LogP contribution in [0.1, 0.15) is 95.1 Å². The quantitative estimate of drug-likeness (QED) is 0.125. The molecule has 0 saturated carbocycles. The first-order chi connectivity index (χ1) is 15.2. The monoisotopic (exact) mass is 425 g/mol. The molecule has 2 aromatic carbocycles. The van der Waals surface area contributed by atoms with Gasteiger partial charge in [0.05, 0.1) is 5.71 Å². The summed E-state index contributed by atoms with van der Waals surface area (Å²) in [6.45, 7) is 2.70. The van der Waals surface area contributed by atoms with Gasteiger partial charge in [0.25, 0.3) is 0 Å². The van der Waals surface area contributed by atoms with Crippen molar-refractivity contribution in [2.75, 3.05) is 0 Å². The predicted molar refractivity (Wildman–Crippen MR) is 128 cm³/mol. The molecule has 4 nitrogen and oxygen atoms in total. The first kappa shape index (κ1) is 24.8. The van der Waals surface area contributed by atoms with Crippen LogP contribution in [0.15, 0.2) is 53.7 Å². The van der Waals surface area contributed by atoms with Crippen molar-refractivity contribution in [3.63, 3.8) is 0 Å². The van der Waals surface area contributed by atoms with E-state index in [9.17, 15) is 10.3 Å². The van der Waals surface area contributed by atoms with E-state index in [4.69, 9.17) is 4.74 Å². The van der Waals surface area contributed by atoms with Gasteiger partial charge in [-0.1, -0.05) is 107 Å². The molecule has 0 aliphatic heterocycles. The summed E-state index contributed by atoms with van der Waals surface area (Å²) in [5.41, 5.74) is 2.17. The van der Waals surface area contributed by atoms with Gasteiger partial charge in [-0.05, 0) is 30.5 Å². The largest absolute Gasteiger partial charge is 0.507 e. The van der Waals surface area contributed by atoms with Gasteiger partial charge in [0.1, 0.15) is 18.1 Å². The Bertz CT molecular complexity index is 758. The number of nitrogens with zero attached hydrogens (tertiary/aromatic N) is 1. The molecule has 0 bridgehead atoms. The molecule has 0 heterocycles. The van der Waals surface area contributed by atoms with E-state index in [1.807, 2.05) is 36.4 Å². The maximum Gasteiger partial charge on any atom is 0.128 e. The number of oxime groups is 1. The van der Waals surface area contributed by atoms with Crippen molar-refractivity contribution in [1.82, 2.24) is 0 Å². The van der Waals surface area contributed by atoms with Crippen LogP contribution in [0, 0.1) is 0 Å². The standard InChI is InChI=1S/C27H39NO3/c1-2-3-4-5-6-7-8-9-10-11-15-18-26(28-30)25-20-19-24(21-27(25)29)31-22-23-16-13-12-14-17-23/h12-14,16-17,19-21,29-30H,2-11,15,18,22H2,1H3/b28-26+. The summed E-state index contributed by atoms with van der Waals surface area (Å²) in [5, 5.41) is 23.3. The fourth-order valence-electron chi connectivity index (χ4n) is 3.78. The highest BCUT2D eigenvalue weighted by molar-refractivity contribution is 6.02. The molecule has 0 saturated heterocycles. The number of ether oxygens (including phenoxy) is 1. The van der Waals surface area contributed by atoms with Crippen LogP contribution in [0.2, 0.25) is 0 Å². The van der Waals surface area contributed by atoms with Crippen molar-refractivity contribution in [3.05, 3.63) is 59.7 Å². The van der Waals surface area contributed by atoms with Crippen LogP contribution >= 0.6 is 0 Å². The number of hydrogen-bond donors (Lipinski definition) is 2. The zero-order valence-corrected chi connectivity index (χ0v) is 19.1. The van der Waals surface area contributed by atoms with Crippen molar-refractivity contribution >= 4 is 5.71 Å². The Morgan fingerprint density at radius 2 is 1.42 bits per heavy atom. The van der Waals surface area contributed by atoms with Crippen LogP contribution in [0.3, 0.4) is 0 Å². The molecule has 0 spiro atoms. The molecular weight excluding hydrogens is 386 g/mol. The molecule has 0 aromatic heterocycles. The Morgan fingerprint density at radius 3 is 2.00 bits per heavy atom. The average molecular weight is 426 g/mol.